The van der Waals surface area contributed by atoms with Crippen molar-refractivity contribution in [1.29, 1.82) is 0 Å². The first-order chi connectivity index (χ1) is 6.54. The van der Waals surface area contributed by atoms with Crippen molar-refractivity contribution in [3.05, 3.63) is 28.8 Å². The van der Waals surface area contributed by atoms with Gasteiger partial charge in [0.05, 0.1) is 4.90 Å². The van der Waals surface area contributed by atoms with Crippen molar-refractivity contribution in [2.45, 2.75) is 18.2 Å². The van der Waals surface area contributed by atoms with E-state index in [-0.39, 0.29) is 6.42 Å². The monoisotopic (exact) mass is 224 g/mol. The van der Waals surface area contributed by atoms with Crippen LogP contribution in [-0.2, 0) is 6.42 Å². The maximum atomic E-state index is 13.1. The molecular weight excluding hydrogens is 216 g/mol. The average molecular weight is 224 g/mol. The van der Waals surface area contributed by atoms with Crippen LogP contribution in [0, 0.1) is 23.3 Å². The molecule has 0 nitrogen and oxygen atoms in total. The van der Waals surface area contributed by atoms with Gasteiger partial charge in [0.1, 0.15) is 0 Å². The molecule has 0 bridgehead atoms. The van der Waals surface area contributed by atoms with Gasteiger partial charge in [0.2, 0.25) is 0 Å². The normalized spacial score (nSPS) is 10.7. The van der Waals surface area contributed by atoms with Crippen LogP contribution < -0.4 is 0 Å². The molecule has 0 N–H and O–H groups in total. The van der Waals surface area contributed by atoms with E-state index in [9.17, 15) is 17.6 Å². The maximum absolute atomic E-state index is 13.1. The van der Waals surface area contributed by atoms with Gasteiger partial charge in [-0.2, -0.15) is 0 Å². The molecule has 0 amide bonds. The molecule has 0 saturated carbocycles. The standard InChI is InChI=1S/C9H8F4S/c1-3-4-5(10)7(12)9(14-2)8(13)6(4)11/h3H2,1-2H3. The smallest absolute Gasteiger partial charge is 0.175 e. The predicted molar refractivity (Wildman–Crippen MR) is 47.4 cm³/mol. The first kappa shape index (κ1) is 11.4. The zero-order valence-electron chi connectivity index (χ0n) is 7.63. The second kappa shape index (κ2) is 4.21. The molecule has 0 radical (unpaired) electrons. The molecule has 0 atom stereocenters. The van der Waals surface area contributed by atoms with Crippen LogP contribution in [0.1, 0.15) is 12.5 Å². The lowest BCUT2D eigenvalue weighted by atomic mass is 10.1. The van der Waals surface area contributed by atoms with E-state index in [0.29, 0.717) is 11.8 Å². The van der Waals surface area contributed by atoms with E-state index in [2.05, 4.69) is 0 Å². The van der Waals surface area contributed by atoms with Crippen LogP contribution in [0.3, 0.4) is 0 Å². The molecule has 0 unspecified atom stereocenters. The minimum Gasteiger partial charge on any atom is -0.203 e. The molecule has 1 aromatic carbocycles. The highest BCUT2D eigenvalue weighted by Crippen LogP contribution is 2.30. The number of hydrogen-bond donors (Lipinski definition) is 0. The molecule has 0 aromatic heterocycles. The Morgan fingerprint density at radius 3 is 1.64 bits per heavy atom. The Kier molecular flexibility index (Phi) is 3.42. The van der Waals surface area contributed by atoms with E-state index >= 15 is 0 Å². The van der Waals surface area contributed by atoms with Crippen LogP contribution >= 0.6 is 11.8 Å². The third-order valence-electron chi connectivity index (χ3n) is 1.87. The van der Waals surface area contributed by atoms with E-state index in [1.807, 2.05) is 0 Å². The van der Waals surface area contributed by atoms with Gasteiger partial charge < -0.3 is 0 Å². The van der Waals surface area contributed by atoms with Gasteiger partial charge in [-0.1, -0.05) is 6.92 Å². The van der Waals surface area contributed by atoms with Crippen molar-refractivity contribution in [3.8, 4) is 0 Å². The van der Waals surface area contributed by atoms with Crippen LogP contribution in [0.4, 0.5) is 17.6 Å². The summed E-state index contributed by atoms with van der Waals surface area (Å²) in [6.07, 6.45) is 1.27. The fraction of sp³-hybridized carbons (Fsp3) is 0.333. The quantitative estimate of drug-likeness (QED) is 0.420. The molecule has 0 aliphatic rings. The van der Waals surface area contributed by atoms with Crippen LogP contribution in [0.25, 0.3) is 0 Å². The summed E-state index contributed by atoms with van der Waals surface area (Å²) in [5, 5.41) is 0. The molecule has 14 heavy (non-hydrogen) atoms. The zero-order valence-corrected chi connectivity index (χ0v) is 8.44. The average Bonchev–Trinajstić information content (AvgIpc) is 2.17. The van der Waals surface area contributed by atoms with Gasteiger partial charge in [-0.25, -0.2) is 17.6 Å². The van der Waals surface area contributed by atoms with Crippen molar-refractivity contribution in [1.82, 2.24) is 0 Å². The number of benzene rings is 1. The van der Waals surface area contributed by atoms with Gasteiger partial charge in [-0.3, -0.25) is 0 Å². The SMILES string of the molecule is CCc1c(F)c(F)c(SC)c(F)c1F. The second-order valence-electron chi connectivity index (χ2n) is 2.62. The molecule has 0 saturated heterocycles. The predicted octanol–water partition coefficient (Wildman–Crippen LogP) is 3.53. The Balaban J connectivity index is 3.55. The van der Waals surface area contributed by atoms with Crippen molar-refractivity contribution in [3.63, 3.8) is 0 Å². The van der Waals surface area contributed by atoms with E-state index < -0.39 is 33.7 Å². The molecule has 0 aliphatic heterocycles. The second-order valence-corrected chi connectivity index (χ2v) is 3.44. The summed E-state index contributed by atoms with van der Waals surface area (Å²) in [4.78, 5) is -0.614. The van der Waals surface area contributed by atoms with Crippen LogP contribution in [0.15, 0.2) is 4.90 Å². The van der Waals surface area contributed by atoms with Gasteiger partial charge >= 0.3 is 0 Å². The summed E-state index contributed by atoms with van der Waals surface area (Å²) in [6, 6.07) is 0. The number of thioether (sulfide) groups is 1. The fourth-order valence-electron chi connectivity index (χ4n) is 1.15. The molecule has 0 fully saturated rings. The Hall–Kier alpha value is -0.710. The highest BCUT2D eigenvalue weighted by Gasteiger charge is 2.23. The molecule has 5 heteroatoms. The lowest BCUT2D eigenvalue weighted by Gasteiger charge is -2.08. The van der Waals surface area contributed by atoms with E-state index in [0.717, 1.165) is 0 Å². The van der Waals surface area contributed by atoms with E-state index in [4.69, 9.17) is 0 Å². The molecule has 0 spiro atoms. The number of halogens is 4. The first-order valence-electron chi connectivity index (χ1n) is 3.93. The van der Waals surface area contributed by atoms with Crippen molar-refractivity contribution in [2.75, 3.05) is 6.26 Å². The molecule has 0 aliphatic carbocycles. The lowest BCUT2D eigenvalue weighted by molar-refractivity contribution is 0.414. The number of rotatable bonds is 2. The van der Waals surface area contributed by atoms with E-state index in [1.54, 1.807) is 0 Å². The third-order valence-corrected chi connectivity index (χ3v) is 2.64. The van der Waals surface area contributed by atoms with Crippen molar-refractivity contribution >= 4 is 11.8 Å². The Morgan fingerprint density at radius 2 is 1.36 bits per heavy atom. The van der Waals surface area contributed by atoms with Gasteiger partial charge in [-0.15, -0.1) is 11.8 Å². The maximum Gasteiger partial charge on any atom is 0.175 e. The summed E-state index contributed by atoms with van der Waals surface area (Å²) in [5.41, 5.74) is -0.544. The zero-order chi connectivity index (χ0) is 10.9. The van der Waals surface area contributed by atoms with Gasteiger partial charge in [0, 0.05) is 5.56 Å². The molecular formula is C9H8F4S. The van der Waals surface area contributed by atoms with E-state index in [1.165, 1.54) is 13.2 Å². The summed E-state index contributed by atoms with van der Waals surface area (Å²) in [5.74, 6) is -5.21. The van der Waals surface area contributed by atoms with Crippen LogP contribution in [-0.4, -0.2) is 6.26 Å². The minimum atomic E-state index is -1.31. The molecule has 1 rings (SSSR count). The topological polar surface area (TPSA) is 0 Å². The van der Waals surface area contributed by atoms with Gasteiger partial charge in [-0.05, 0) is 12.7 Å². The third kappa shape index (κ3) is 1.61. The van der Waals surface area contributed by atoms with Crippen molar-refractivity contribution < 1.29 is 17.6 Å². The highest BCUT2D eigenvalue weighted by molar-refractivity contribution is 7.98. The molecule has 78 valence electrons. The first-order valence-corrected chi connectivity index (χ1v) is 5.15. The molecule has 0 heterocycles. The van der Waals surface area contributed by atoms with Crippen LogP contribution in [0.2, 0.25) is 0 Å². The Morgan fingerprint density at radius 1 is 0.929 bits per heavy atom. The summed E-state index contributed by atoms with van der Waals surface area (Å²) >= 11 is 0.640. The lowest BCUT2D eigenvalue weighted by Crippen LogP contribution is -2.04. The minimum absolute atomic E-state index is 0.0832. The van der Waals surface area contributed by atoms with Crippen molar-refractivity contribution in [2.24, 2.45) is 0 Å². The fourth-order valence-corrected chi connectivity index (χ4v) is 1.68. The molecule has 1 aromatic rings. The Bertz CT molecular complexity index is 298. The summed E-state index contributed by atoms with van der Waals surface area (Å²) < 4.78 is 52.4. The highest BCUT2D eigenvalue weighted by atomic mass is 32.2. The largest absolute Gasteiger partial charge is 0.203 e. The van der Waals surface area contributed by atoms with Gasteiger partial charge in [0.25, 0.3) is 0 Å². The Labute approximate surface area is 83.3 Å². The summed E-state index contributed by atoms with van der Waals surface area (Å²) in [7, 11) is 0. The number of hydrogen-bond acceptors (Lipinski definition) is 1. The van der Waals surface area contributed by atoms with Gasteiger partial charge in [0.15, 0.2) is 23.3 Å². The summed E-state index contributed by atoms with van der Waals surface area (Å²) in [6.45, 7) is 1.43. The van der Waals surface area contributed by atoms with Crippen LogP contribution in [0.5, 0.6) is 0 Å².